The molecule has 8 heteroatoms. The zero-order valence-electron chi connectivity index (χ0n) is 13.1. The molecule has 126 valence electrons. The van der Waals surface area contributed by atoms with E-state index < -0.39 is 0 Å². The molecular formula is C16H16Cl2N4OS. The number of piperazine rings is 1. The molecule has 2 heterocycles. The highest BCUT2D eigenvalue weighted by atomic mass is 35.5. The van der Waals surface area contributed by atoms with Gasteiger partial charge in [0.15, 0.2) is 0 Å². The maximum absolute atomic E-state index is 11.5. The molecule has 0 unspecified atom stereocenters. The Morgan fingerprint density at radius 2 is 1.92 bits per heavy atom. The lowest BCUT2D eigenvalue weighted by atomic mass is 10.3. The Kier molecular flexibility index (Phi) is 5.48. The van der Waals surface area contributed by atoms with Crippen molar-refractivity contribution >= 4 is 46.7 Å². The van der Waals surface area contributed by atoms with Crippen LogP contribution >= 0.6 is 35.0 Å². The number of benzene rings is 1. The van der Waals surface area contributed by atoms with Gasteiger partial charge in [0, 0.05) is 49.2 Å². The molecular weight excluding hydrogens is 367 g/mol. The van der Waals surface area contributed by atoms with E-state index in [9.17, 15) is 4.79 Å². The van der Waals surface area contributed by atoms with Crippen molar-refractivity contribution in [3.05, 3.63) is 40.8 Å². The first-order valence-corrected chi connectivity index (χ1v) is 9.05. The number of hydrogen-bond acceptors (Lipinski definition) is 5. The molecule has 5 nitrogen and oxygen atoms in total. The molecule has 1 amide bonds. The molecule has 0 aliphatic carbocycles. The molecule has 1 aliphatic rings. The third kappa shape index (κ3) is 3.94. The van der Waals surface area contributed by atoms with Gasteiger partial charge in [0.1, 0.15) is 12.1 Å². The number of aromatic nitrogens is 2. The maximum atomic E-state index is 11.5. The number of rotatable bonds is 3. The van der Waals surface area contributed by atoms with E-state index in [0.717, 1.165) is 28.7 Å². The highest BCUT2D eigenvalue weighted by Gasteiger charge is 2.22. The van der Waals surface area contributed by atoms with Gasteiger partial charge in [-0.3, -0.25) is 4.79 Å². The van der Waals surface area contributed by atoms with Crippen LogP contribution in [0.4, 0.5) is 5.82 Å². The summed E-state index contributed by atoms with van der Waals surface area (Å²) in [5.41, 5.74) is 0. The average molecular weight is 383 g/mol. The molecule has 0 N–H and O–H groups in total. The smallest absolute Gasteiger partial charge is 0.219 e. The molecule has 1 aromatic heterocycles. The summed E-state index contributed by atoms with van der Waals surface area (Å²) in [6.45, 7) is 4.50. The lowest BCUT2D eigenvalue weighted by Crippen LogP contribution is -2.48. The summed E-state index contributed by atoms with van der Waals surface area (Å²) in [6, 6.07) is 5.42. The van der Waals surface area contributed by atoms with Gasteiger partial charge in [0.25, 0.3) is 0 Å². The van der Waals surface area contributed by atoms with Crippen molar-refractivity contribution in [3.63, 3.8) is 0 Å². The van der Waals surface area contributed by atoms with Crippen molar-refractivity contribution in [1.29, 1.82) is 0 Å². The molecule has 0 bridgehead atoms. The Morgan fingerprint density at radius 1 is 1.17 bits per heavy atom. The Balaban J connectivity index is 1.80. The Morgan fingerprint density at radius 3 is 2.58 bits per heavy atom. The van der Waals surface area contributed by atoms with E-state index in [0.29, 0.717) is 23.1 Å². The monoisotopic (exact) mass is 382 g/mol. The topological polar surface area (TPSA) is 49.3 Å². The highest BCUT2D eigenvalue weighted by Crippen LogP contribution is 2.38. The van der Waals surface area contributed by atoms with Crippen molar-refractivity contribution in [1.82, 2.24) is 14.9 Å². The fourth-order valence-corrected chi connectivity index (χ4v) is 3.97. The summed E-state index contributed by atoms with van der Waals surface area (Å²) >= 11 is 13.7. The predicted molar refractivity (Wildman–Crippen MR) is 97.1 cm³/mol. The summed E-state index contributed by atoms with van der Waals surface area (Å²) in [7, 11) is 0. The van der Waals surface area contributed by atoms with Crippen LogP contribution in [-0.4, -0.2) is 47.0 Å². The van der Waals surface area contributed by atoms with Crippen LogP contribution < -0.4 is 4.90 Å². The number of anilines is 1. The number of halogens is 2. The summed E-state index contributed by atoms with van der Waals surface area (Å²) in [5, 5.41) is 1.21. The summed E-state index contributed by atoms with van der Waals surface area (Å²) in [6.07, 6.45) is 3.33. The van der Waals surface area contributed by atoms with E-state index in [4.69, 9.17) is 23.2 Å². The first-order chi connectivity index (χ1) is 11.5. The van der Waals surface area contributed by atoms with Gasteiger partial charge >= 0.3 is 0 Å². The third-order valence-electron chi connectivity index (χ3n) is 3.80. The summed E-state index contributed by atoms with van der Waals surface area (Å²) in [4.78, 5) is 25.9. The second-order valence-corrected chi connectivity index (χ2v) is 7.31. The van der Waals surface area contributed by atoms with Gasteiger partial charge in [-0.05, 0) is 18.2 Å². The average Bonchev–Trinajstić information content (AvgIpc) is 2.58. The zero-order chi connectivity index (χ0) is 17.1. The van der Waals surface area contributed by atoms with Gasteiger partial charge in [-0.2, -0.15) is 0 Å². The SMILES string of the molecule is CC(=O)N1CCN(c2ncncc2Sc2ccc(Cl)cc2Cl)CC1. The second kappa shape index (κ2) is 7.59. The predicted octanol–water partition coefficient (Wildman–Crippen LogP) is 3.60. The van der Waals surface area contributed by atoms with Gasteiger partial charge in [-0.15, -0.1) is 0 Å². The zero-order valence-corrected chi connectivity index (χ0v) is 15.4. The second-order valence-electron chi connectivity index (χ2n) is 5.38. The Bertz CT molecular complexity index is 751. The summed E-state index contributed by atoms with van der Waals surface area (Å²) < 4.78 is 0. The normalized spacial score (nSPS) is 14.8. The minimum absolute atomic E-state index is 0.111. The number of nitrogens with zero attached hydrogens (tertiary/aromatic N) is 4. The van der Waals surface area contributed by atoms with Gasteiger partial charge < -0.3 is 9.80 Å². The lowest BCUT2D eigenvalue weighted by molar-refractivity contribution is -0.129. The third-order valence-corrected chi connectivity index (χ3v) is 5.54. The largest absolute Gasteiger partial charge is 0.352 e. The molecule has 0 spiro atoms. The molecule has 24 heavy (non-hydrogen) atoms. The van der Waals surface area contributed by atoms with Crippen LogP contribution in [-0.2, 0) is 4.79 Å². The molecule has 1 aromatic carbocycles. The van der Waals surface area contributed by atoms with Crippen LogP contribution in [0.1, 0.15) is 6.92 Å². The molecule has 1 fully saturated rings. The standard InChI is InChI=1S/C16H16Cl2N4OS/c1-11(23)21-4-6-22(7-5-21)16-15(9-19-10-20-16)24-14-3-2-12(17)8-13(14)18/h2-3,8-10H,4-7H2,1H3. The van der Waals surface area contributed by atoms with E-state index in [1.807, 2.05) is 17.0 Å². The molecule has 0 atom stereocenters. The minimum atomic E-state index is 0.111. The van der Waals surface area contributed by atoms with E-state index in [1.165, 1.54) is 11.8 Å². The Hall–Kier alpha value is -1.50. The van der Waals surface area contributed by atoms with E-state index in [2.05, 4.69) is 14.9 Å². The molecule has 1 aliphatic heterocycles. The van der Waals surface area contributed by atoms with E-state index in [-0.39, 0.29) is 5.91 Å². The van der Waals surface area contributed by atoms with Crippen LogP contribution in [0.15, 0.2) is 40.5 Å². The van der Waals surface area contributed by atoms with Crippen LogP contribution in [0.2, 0.25) is 10.0 Å². The van der Waals surface area contributed by atoms with Gasteiger partial charge in [0.2, 0.25) is 5.91 Å². The van der Waals surface area contributed by atoms with Gasteiger partial charge in [0.05, 0.1) is 9.92 Å². The number of carbonyl (C=O) groups excluding carboxylic acids is 1. The van der Waals surface area contributed by atoms with Crippen molar-refractivity contribution < 1.29 is 4.79 Å². The fourth-order valence-electron chi connectivity index (χ4n) is 2.53. The fraction of sp³-hybridized carbons (Fsp3) is 0.312. The Labute approximate surface area is 155 Å². The number of hydrogen-bond donors (Lipinski definition) is 0. The number of amides is 1. The molecule has 1 saturated heterocycles. The van der Waals surface area contributed by atoms with Crippen LogP contribution in [0.3, 0.4) is 0 Å². The lowest BCUT2D eigenvalue weighted by Gasteiger charge is -2.35. The van der Waals surface area contributed by atoms with Crippen LogP contribution in [0.5, 0.6) is 0 Å². The van der Waals surface area contributed by atoms with E-state index in [1.54, 1.807) is 25.5 Å². The van der Waals surface area contributed by atoms with Crippen LogP contribution in [0, 0.1) is 0 Å². The van der Waals surface area contributed by atoms with Crippen molar-refractivity contribution in [2.45, 2.75) is 16.7 Å². The van der Waals surface area contributed by atoms with Gasteiger partial charge in [-0.1, -0.05) is 35.0 Å². The van der Waals surface area contributed by atoms with Gasteiger partial charge in [-0.25, -0.2) is 9.97 Å². The first-order valence-electron chi connectivity index (χ1n) is 7.48. The minimum Gasteiger partial charge on any atom is -0.352 e. The molecule has 0 saturated carbocycles. The van der Waals surface area contributed by atoms with Crippen LogP contribution in [0.25, 0.3) is 0 Å². The van der Waals surface area contributed by atoms with Crippen molar-refractivity contribution in [2.24, 2.45) is 0 Å². The molecule has 0 radical (unpaired) electrons. The molecule has 2 aromatic rings. The maximum Gasteiger partial charge on any atom is 0.219 e. The number of carbonyl (C=O) groups is 1. The summed E-state index contributed by atoms with van der Waals surface area (Å²) in [5.74, 6) is 0.976. The highest BCUT2D eigenvalue weighted by molar-refractivity contribution is 7.99. The quantitative estimate of drug-likeness (QED) is 0.811. The molecule has 3 rings (SSSR count). The van der Waals surface area contributed by atoms with Crippen molar-refractivity contribution in [2.75, 3.05) is 31.1 Å². The van der Waals surface area contributed by atoms with Crippen molar-refractivity contribution in [3.8, 4) is 0 Å². The van der Waals surface area contributed by atoms with E-state index >= 15 is 0 Å². The first kappa shape index (κ1) is 17.3.